The van der Waals surface area contributed by atoms with E-state index in [-0.39, 0.29) is 0 Å². The highest BCUT2D eigenvalue weighted by Gasteiger charge is 2.30. The Hall–Kier alpha value is -1.36. The third-order valence-electron chi connectivity index (χ3n) is 5.60. The van der Waals surface area contributed by atoms with Crippen LogP contribution in [0.4, 0.5) is 11.8 Å². The van der Waals surface area contributed by atoms with Crippen LogP contribution in [0.1, 0.15) is 56.9 Å². The van der Waals surface area contributed by atoms with Crippen molar-refractivity contribution in [3.8, 4) is 0 Å². The molecule has 1 aromatic heterocycles. The van der Waals surface area contributed by atoms with Crippen LogP contribution in [0, 0.1) is 6.92 Å². The average Bonchev–Trinajstić information content (AvgIpc) is 3.11. The lowest BCUT2D eigenvalue weighted by Crippen LogP contribution is -2.45. The topological polar surface area (TPSA) is 44.3 Å². The second-order valence-corrected chi connectivity index (χ2v) is 7.64. The van der Waals surface area contributed by atoms with E-state index in [2.05, 4.69) is 27.1 Å². The molecule has 1 atom stereocenters. The minimum atomic E-state index is 0.744. The third-order valence-corrected chi connectivity index (χ3v) is 5.60. The van der Waals surface area contributed by atoms with Gasteiger partial charge in [0, 0.05) is 44.5 Å². The predicted octanol–water partition coefficient (Wildman–Crippen LogP) is 3.45. The Balaban J connectivity index is 1.54. The maximum absolute atomic E-state index is 4.64. The minimum absolute atomic E-state index is 0.744. The highest BCUT2D eigenvalue weighted by molar-refractivity contribution is 5.47. The van der Waals surface area contributed by atoms with Gasteiger partial charge in [-0.05, 0) is 45.6 Å². The molecule has 0 aromatic carbocycles. The summed E-state index contributed by atoms with van der Waals surface area (Å²) in [6, 6.07) is 1.60. The van der Waals surface area contributed by atoms with Crippen molar-refractivity contribution in [1.82, 2.24) is 14.9 Å². The van der Waals surface area contributed by atoms with Crippen molar-refractivity contribution in [3.63, 3.8) is 0 Å². The molecular formula is C19H33N5. The van der Waals surface area contributed by atoms with Crippen LogP contribution >= 0.6 is 0 Å². The molecule has 1 saturated carbocycles. The van der Waals surface area contributed by atoms with Gasteiger partial charge in [0.05, 0.1) is 0 Å². The molecule has 2 aliphatic rings. The van der Waals surface area contributed by atoms with Gasteiger partial charge in [-0.2, -0.15) is 4.98 Å². The molecule has 1 aliphatic carbocycles. The smallest absolute Gasteiger partial charge is 0.224 e. The number of aromatic nitrogens is 2. The molecule has 1 aromatic rings. The molecule has 2 fully saturated rings. The summed E-state index contributed by atoms with van der Waals surface area (Å²) in [5, 5.41) is 3.45. The van der Waals surface area contributed by atoms with E-state index in [0.717, 1.165) is 36.0 Å². The molecule has 0 spiro atoms. The molecule has 1 saturated heterocycles. The van der Waals surface area contributed by atoms with Gasteiger partial charge in [-0.1, -0.05) is 19.3 Å². The standard InChI is InChI=1S/C19H33N5/c1-15-14-21-19(22-18(15)23(2)3)20-12-11-17-10-6-7-13-24(17)16-8-4-5-9-16/h14,16-17H,4-13H2,1-3H3,(H,20,21,22). The van der Waals surface area contributed by atoms with Crippen LogP contribution in [-0.4, -0.2) is 54.1 Å². The first kappa shape index (κ1) is 17.5. The Labute approximate surface area is 146 Å². The SMILES string of the molecule is Cc1cnc(NCCC2CCCCN2C2CCCC2)nc1N(C)C. The lowest BCUT2D eigenvalue weighted by molar-refractivity contribution is 0.0933. The number of piperidine rings is 1. The summed E-state index contributed by atoms with van der Waals surface area (Å²) < 4.78 is 0. The molecule has 1 N–H and O–H groups in total. The maximum Gasteiger partial charge on any atom is 0.224 e. The Morgan fingerprint density at radius 1 is 1.17 bits per heavy atom. The number of hydrogen-bond donors (Lipinski definition) is 1. The van der Waals surface area contributed by atoms with Gasteiger partial charge >= 0.3 is 0 Å². The molecule has 134 valence electrons. The lowest BCUT2D eigenvalue weighted by Gasteiger charge is -2.40. The monoisotopic (exact) mass is 331 g/mol. The number of nitrogens with one attached hydrogen (secondary N) is 1. The molecule has 0 amide bonds. The molecule has 2 heterocycles. The molecular weight excluding hydrogens is 298 g/mol. The summed E-state index contributed by atoms with van der Waals surface area (Å²) in [6.45, 7) is 4.32. The zero-order chi connectivity index (χ0) is 16.9. The fourth-order valence-electron chi connectivity index (χ4n) is 4.37. The molecule has 1 aliphatic heterocycles. The van der Waals surface area contributed by atoms with Gasteiger partial charge in [-0.25, -0.2) is 4.98 Å². The van der Waals surface area contributed by atoms with E-state index in [1.165, 1.54) is 57.9 Å². The van der Waals surface area contributed by atoms with Gasteiger partial charge in [0.2, 0.25) is 5.95 Å². The summed E-state index contributed by atoms with van der Waals surface area (Å²) in [5.41, 5.74) is 1.12. The number of nitrogens with zero attached hydrogens (tertiary/aromatic N) is 4. The van der Waals surface area contributed by atoms with E-state index < -0.39 is 0 Å². The second-order valence-electron chi connectivity index (χ2n) is 7.64. The van der Waals surface area contributed by atoms with Gasteiger partial charge in [0.25, 0.3) is 0 Å². The van der Waals surface area contributed by atoms with Gasteiger partial charge in [-0.15, -0.1) is 0 Å². The van der Waals surface area contributed by atoms with Crippen molar-refractivity contribution in [2.45, 2.75) is 70.4 Å². The van der Waals surface area contributed by atoms with Crippen molar-refractivity contribution < 1.29 is 0 Å². The van der Waals surface area contributed by atoms with Gasteiger partial charge in [0.1, 0.15) is 5.82 Å². The summed E-state index contributed by atoms with van der Waals surface area (Å²) >= 11 is 0. The van der Waals surface area contributed by atoms with Crippen LogP contribution in [0.25, 0.3) is 0 Å². The van der Waals surface area contributed by atoms with Crippen LogP contribution in [0.2, 0.25) is 0 Å². The summed E-state index contributed by atoms with van der Waals surface area (Å²) in [6.07, 6.45) is 12.9. The van der Waals surface area contributed by atoms with Crippen molar-refractivity contribution in [2.24, 2.45) is 0 Å². The summed E-state index contributed by atoms with van der Waals surface area (Å²) in [7, 11) is 4.06. The van der Waals surface area contributed by atoms with Crippen molar-refractivity contribution in [1.29, 1.82) is 0 Å². The highest BCUT2D eigenvalue weighted by atomic mass is 15.2. The first-order valence-electron chi connectivity index (χ1n) is 9.65. The van der Waals surface area contributed by atoms with Crippen LogP contribution < -0.4 is 10.2 Å². The van der Waals surface area contributed by atoms with Crippen molar-refractivity contribution in [3.05, 3.63) is 11.8 Å². The average molecular weight is 332 g/mol. The molecule has 0 bridgehead atoms. The van der Waals surface area contributed by atoms with Gasteiger partial charge in [0.15, 0.2) is 0 Å². The van der Waals surface area contributed by atoms with Crippen LogP contribution in [0.15, 0.2) is 6.20 Å². The van der Waals surface area contributed by atoms with E-state index in [0.29, 0.717) is 0 Å². The van der Waals surface area contributed by atoms with E-state index in [4.69, 9.17) is 0 Å². The highest BCUT2D eigenvalue weighted by Crippen LogP contribution is 2.30. The molecule has 24 heavy (non-hydrogen) atoms. The number of hydrogen-bond acceptors (Lipinski definition) is 5. The zero-order valence-corrected chi connectivity index (χ0v) is 15.6. The predicted molar refractivity (Wildman–Crippen MR) is 101 cm³/mol. The molecule has 3 rings (SSSR count). The Morgan fingerprint density at radius 2 is 1.92 bits per heavy atom. The quantitative estimate of drug-likeness (QED) is 0.865. The first-order valence-corrected chi connectivity index (χ1v) is 9.65. The number of aryl methyl sites for hydroxylation is 1. The van der Waals surface area contributed by atoms with Gasteiger partial charge < -0.3 is 10.2 Å². The van der Waals surface area contributed by atoms with Crippen molar-refractivity contribution >= 4 is 11.8 Å². The maximum atomic E-state index is 4.64. The lowest BCUT2D eigenvalue weighted by atomic mass is 9.96. The fraction of sp³-hybridized carbons (Fsp3) is 0.789. The van der Waals surface area contributed by atoms with Crippen LogP contribution in [-0.2, 0) is 0 Å². The third kappa shape index (κ3) is 4.18. The number of likely N-dealkylation sites (tertiary alicyclic amines) is 1. The normalized spacial score (nSPS) is 22.7. The van der Waals surface area contributed by atoms with E-state index in [1.807, 2.05) is 25.2 Å². The van der Waals surface area contributed by atoms with E-state index >= 15 is 0 Å². The Morgan fingerprint density at radius 3 is 2.67 bits per heavy atom. The van der Waals surface area contributed by atoms with Crippen LogP contribution in [0.3, 0.4) is 0 Å². The molecule has 0 radical (unpaired) electrons. The fourth-order valence-corrected chi connectivity index (χ4v) is 4.37. The van der Waals surface area contributed by atoms with E-state index in [1.54, 1.807) is 0 Å². The largest absolute Gasteiger partial charge is 0.362 e. The first-order chi connectivity index (χ1) is 11.6. The molecule has 5 nitrogen and oxygen atoms in total. The zero-order valence-electron chi connectivity index (χ0n) is 15.6. The van der Waals surface area contributed by atoms with Crippen LogP contribution in [0.5, 0.6) is 0 Å². The number of rotatable bonds is 6. The van der Waals surface area contributed by atoms with Gasteiger partial charge in [-0.3, -0.25) is 4.90 Å². The molecule has 1 unspecified atom stereocenters. The minimum Gasteiger partial charge on any atom is -0.362 e. The molecule has 5 heteroatoms. The summed E-state index contributed by atoms with van der Waals surface area (Å²) in [5.74, 6) is 1.75. The summed E-state index contributed by atoms with van der Waals surface area (Å²) in [4.78, 5) is 13.9. The Kier molecular flexibility index (Phi) is 5.93. The Bertz CT molecular complexity index is 524. The number of anilines is 2. The second kappa shape index (κ2) is 8.15. The van der Waals surface area contributed by atoms with Crippen molar-refractivity contribution in [2.75, 3.05) is 37.4 Å². The van der Waals surface area contributed by atoms with E-state index in [9.17, 15) is 0 Å².